The van der Waals surface area contributed by atoms with Crippen molar-refractivity contribution in [2.24, 2.45) is 0 Å². The molecule has 6 nitrogen and oxygen atoms in total. The van der Waals surface area contributed by atoms with Crippen LogP contribution in [0.25, 0.3) is 17.0 Å². The summed E-state index contributed by atoms with van der Waals surface area (Å²) in [6.45, 7) is 3.90. The summed E-state index contributed by atoms with van der Waals surface area (Å²) in [7, 11) is 0. The van der Waals surface area contributed by atoms with Crippen LogP contribution in [0.2, 0.25) is 0 Å². The average Bonchev–Trinajstić information content (AvgIpc) is 2.66. The third-order valence-electron chi connectivity index (χ3n) is 4.13. The molecule has 0 aromatic carbocycles. The van der Waals surface area contributed by atoms with E-state index in [4.69, 9.17) is 0 Å². The second-order valence-corrected chi connectivity index (χ2v) is 6.41. The van der Waals surface area contributed by atoms with Crippen LogP contribution in [0, 0.1) is 12.7 Å². The van der Waals surface area contributed by atoms with E-state index in [1.54, 1.807) is 29.8 Å². The Kier molecular flexibility index (Phi) is 3.19. The summed E-state index contributed by atoms with van der Waals surface area (Å²) in [5.74, 6) is 0.0710. The van der Waals surface area contributed by atoms with Gasteiger partial charge in [0.2, 0.25) is 0 Å². The second-order valence-electron chi connectivity index (χ2n) is 5.44. The number of hydrogen-bond donors (Lipinski definition) is 1. The van der Waals surface area contributed by atoms with E-state index >= 15 is 0 Å². The zero-order chi connectivity index (χ0) is 15.4. The minimum atomic E-state index is -0.462. The molecule has 1 unspecified atom stereocenters. The van der Waals surface area contributed by atoms with Crippen molar-refractivity contribution >= 4 is 45.7 Å². The number of nitrogens with one attached hydrogen (secondary N) is 1. The lowest BCUT2D eigenvalue weighted by Crippen LogP contribution is -2.51. The Morgan fingerprint density at radius 2 is 2.27 bits per heavy atom. The molecule has 2 aromatic heterocycles. The van der Waals surface area contributed by atoms with Gasteiger partial charge in [0.05, 0.1) is 45.7 Å². The molecule has 0 amide bonds. The quantitative estimate of drug-likeness (QED) is 0.659. The van der Waals surface area contributed by atoms with Gasteiger partial charge in [-0.2, -0.15) is 4.98 Å². The molecule has 8 heteroatoms. The molecule has 0 aliphatic carbocycles. The molecule has 114 valence electrons. The third kappa shape index (κ3) is 1.89. The monoisotopic (exact) mass is 413 g/mol. The molecule has 1 N–H and O–H groups in total. The topological polar surface area (TPSA) is 63.1 Å². The first kappa shape index (κ1) is 14.1. The Bertz CT molecular complexity index is 878. The molecule has 0 radical (unpaired) electrons. The van der Waals surface area contributed by atoms with Gasteiger partial charge in [-0.25, -0.2) is 16.9 Å². The number of anilines is 1. The van der Waals surface area contributed by atoms with Crippen LogP contribution in [-0.4, -0.2) is 38.4 Å². The molecule has 0 spiro atoms. The maximum atomic E-state index is 14.6. The molecule has 1 saturated heterocycles. The molecule has 2 aliphatic rings. The number of fused-ring (bicyclic) bond motifs is 2. The van der Waals surface area contributed by atoms with Crippen molar-refractivity contribution in [2.75, 3.05) is 24.5 Å². The van der Waals surface area contributed by atoms with Crippen LogP contribution in [0.15, 0.2) is 10.9 Å². The Morgan fingerprint density at radius 3 is 3.09 bits per heavy atom. The summed E-state index contributed by atoms with van der Waals surface area (Å²) in [4.78, 5) is 22.8. The Labute approximate surface area is 139 Å². The number of aryl methyl sites for hydroxylation is 1. The van der Waals surface area contributed by atoms with Crippen molar-refractivity contribution < 1.29 is 4.39 Å². The number of nitrogens with zero attached hydrogens (tertiary/aromatic N) is 4. The lowest BCUT2D eigenvalue weighted by molar-refractivity contribution is 0.527. The minimum absolute atomic E-state index is 0.0893. The summed E-state index contributed by atoms with van der Waals surface area (Å²) in [5.41, 5.74) is 0.753. The van der Waals surface area contributed by atoms with Crippen molar-refractivity contribution in [2.45, 2.75) is 13.0 Å². The fraction of sp³-hybridized carbons (Fsp3) is 0.357. The maximum absolute atomic E-state index is 14.6. The first-order chi connectivity index (χ1) is 10.6. The van der Waals surface area contributed by atoms with Gasteiger partial charge in [0.25, 0.3) is 0 Å². The predicted octanol–water partition coefficient (Wildman–Crippen LogP) is 1.24. The number of halogens is 2. The van der Waals surface area contributed by atoms with Gasteiger partial charge >= 0.3 is 5.69 Å². The number of pyridine rings is 1. The van der Waals surface area contributed by atoms with Gasteiger partial charge in [-0.05, 0) is 13.0 Å². The van der Waals surface area contributed by atoms with Crippen LogP contribution in [-0.2, 0) is 0 Å². The predicted molar refractivity (Wildman–Crippen MR) is 90.9 cm³/mol. The molecule has 2 aliphatic heterocycles. The van der Waals surface area contributed by atoms with Crippen LogP contribution in [0.1, 0.15) is 11.4 Å². The van der Waals surface area contributed by atoms with Crippen molar-refractivity contribution in [1.82, 2.24) is 18.1 Å². The van der Waals surface area contributed by atoms with Gasteiger partial charge < -0.3 is 10.2 Å². The standard InChI is InChI=1S/C14H13FIN5O/c1-7-11(15)12-10-9(18-7)3-2-8-6-17-4-5-20(8)13(10)19-14(22)21(12)16/h2-3,8,17H,4-6H2,1H3. The highest BCUT2D eigenvalue weighted by atomic mass is 127. The van der Waals surface area contributed by atoms with Crippen LogP contribution in [0.5, 0.6) is 0 Å². The largest absolute Gasteiger partial charge is 0.359 e. The second kappa shape index (κ2) is 4.98. The van der Waals surface area contributed by atoms with Crippen LogP contribution >= 0.6 is 22.9 Å². The molecule has 0 saturated carbocycles. The summed E-state index contributed by atoms with van der Waals surface area (Å²) in [6, 6.07) is 0.0893. The number of hydrogen-bond acceptors (Lipinski definition) is 5. The highest BCUT2D eigenvalue weighted by Crippen LogP contribution is 2.34. The Morgan fingerprint density at radius 1 is 1.45 bits per heavy atom. The molecule has 4 rings (SSSR count). The number of rotatable bonds is 0. The van der Waals surface area contributed by atoms with E-state index in [9.17, 15) is 9.18 Å². The molecular formula is C14H13FIN5O. The number of piperazine rings is 1. The minimum Gasteiger partial charge on any atom is -0.347 e. The van der Waals surface area contributed by atoms with E-state index < -0.39 is 11.5 Å². The molecule has 22 heavy (non-hydrogen) atoms. The van der Waals surface area contributed by atoms with Crippen LogP contribution < -0.4 is 15.9 Å². The highest BCUT2D eigenvalue weighted by molar-refractivity contribution is 14.1. The third-order valence-corrected chi connectivity index (χ3v) is 5.02. The zero-order valence-electron chi connectivity index (χ0n) is 11.8. The van der Waals surface area contributed by atoms with E-state index in [1.165, 1.54) is 2.78 Å². The highest BCUT2D eigenvalue weighted by Gasteiger charge is 2.29. The fourth-order valence-electron chi connectivity index (χ4n) is 3.07. The van der Waals surface area contributed by atoms with Gasteiger partial charge in [-0.15, -0.1) is 0 Å². The SMILES string of the molecule is Cc1nc2c3c(nc(=O)n(I)c3c1F)N1CCNCC1C=C2. The van der Waals surface area contributed by atoms with Crippen LogP contribution in [0.4, 0.5) is 10.2 Å². The van der Waals surface area contributed by atoms with Gasteiger partial charge in [-0.1, -0.05) is 6.08 Å². The summed E-state index contributed by atoms with van der Waals surface area (Å²) >= 11 is 1.80. The molecule has 0 bridgehead atoms. The van der Waals surface area contributed by atoms with Gasteiger partial charge in [0.15, 0.2) is 5.82 Å². The first-order valence-electron chi connectivity index (χ1n) is 7.02. The Balaban J connectivity index is 2.17. The van der Waals surface area contributed by atoms with E-state index in [1.807, 2.05) is 12.2 Å². The van der Waals surface area contributed by atoms with E-state index in [2.05, 4.69) is 20.2 Å². The summed E-state index contributed by atoms with van der Waals surface area (Å²) in [6.07, 6.45) is 3.94. The maximum Gasteiger partial charge on any atom is 0.359 e. The molecular weight excluding hydrogens is 400 g/mol. The van der Waals surface area contributed by atoms with E-state index in [0.29, 0.717) is 16.9 Å². The Hall–Kier alpha value is -1.55. The molecule has 4 heterocycles. The lowest BCUT2D eigenvalue weighted by atomic mass is 10.1. The van der Waals surface area contributed by atoms with Crippen molar-refractivity contribution in [3.63, 3.8) is 0 Å². The first-order valence-corrected chi connectivity index (χ1v) is 7.99. The van der Waals surface area contributed by atoms with Crippen molar-refractivity contribution in [3.8, 4) is 0 Å². The average molecular weight is 413 g/mol. The molecule has 2 aromatic rings. The van der Waals surface area contributed by atoms with Gasteiger partial charge in [0, 0.05) is 19.6 Å². The summed E-state index contributed by atoms with van der Waals surface area (Å²) in [5, 5.41) is 3.93. The molecule has 1 fully saturated rings. The normalized spacial score (nSPS) is 20.1. The summed E-state index contributed by atoms with van der Waals surface area (Å²) < 4.78 is 15.8. The number of aromatic nitrogens is 3. The lowest BCUT2D eigenvalue weighted by Gasteiger charge is -2.35. The fourth-order valence-corrected chi connectivity index (χ4v) is 3.63. The van der Waals surface area contributed by atoms with Crippen molar-refractivity contribution in [3.05, 3.63) is 33.8 Å². The smallest absolute Gasteiger partial charge is 0.347 e. The van der Waals surface area contributed by atoms with E-state index in [-0.39, 0.29) is 17.3 Å². The van der Waals surface area contributed by atoms with Crippen molar-refractivity contribution in [1.29, 1.82) is 0 Å². The molecule has 1 atom stereocenters. The van der Waals surface area contributed by atoms with Gasteiger partial charge in [0.1, 0.15) is 11.3 Å². The van der Waals surface area contributed by atoms with Crippen LogP contribution in [0.3, 0.4) is 0 Å². The van der Waals surface area contributed by atoms with Gasteiger partial charge in [-0.3, -0.25) is 0 Å². The zero-order valence-corrected chi connectivity index (χ0v) is 14.0. The van der Waals surface area contributed by atoms with E-state index in [0.717, 1.165) is 19.6 Å².